The number of ketones is 1. The number of nitrogens with zero attached hydrogens (tertiary/aromatic N) is 2. The highest BCUT2D eigenvalue weighted by molar-refractivity contribution is 7.20. The first-order valence-electron chi connectivity index (χ1n) is 10.6. The molecule has 0 atom stereocenters. The maximum absolute atomic E-state index is 13.5. The third-order valence-corrected chi connectivity index (χ3v) is 6.90. The Kier molecular flexibility index (Phi) is 4.98. The molecule has 10 heteroatoms. The van der Waals surface area contributed by atoms with Gasteiger partial charge in [-0.3, -0.25) is 9.36 Å². The van der Waals surface area contributed by atoms with Crippen molar-refractivity contribution in [2.75, 3.05) is 13.2 Å². The van der Waals surface area contributed by atoms with Crippen molar-refractivity contribution in [2.24, 2.45) is 0 Å². The molecule has 0 saturated carbocycles. The Labute approximate surface area is 207 Å². The minimum atomic E-state index is -0.585. The lowest BCUT2D eigenvalue weighted by Gasteiger charge is -2.19. The van der Waals surface area contributed by atoms with Gasteiger partial charge in [0.15, 0.2) is 28.1 Å². The highest BCUT2D eigenvalue weighted by Crippen LogP contribution is 2.47. The molecule has 2 N–H and O–H groups in total. The predicted molar refractivity (Wildman–Crippen MR) is 131 cm³/mol. The number of thiazole rings is 1. The Morgan fingerprint density at radius 1 is 1.06 bits per heavy atom. The van der Waals surface area contributed by atoms with E-state index in [1.54, 1.807) is 49.4 Å². The molecule has 5 aromatic rings. The fourth-order valence-corrected chi connectivity index (χ4v) is 5.33. The normalized spacial score (nSPS) is 12.9. The first kappa shape index (κ1) is 21.6. The topological polar surface area (TPSA) is 107 Å². The van der Waals surface area contributed by atoms with Gasteiger partial charge in [-0.25, -0.2) is 4.98 Å². The molecule has 176 valence electrons. The molecular weight excluding hydrogens is 492 g/mol. The van der Waals surface area contributed by atoms with Crippen LogP contribution in [-0.2, 0) is 0 Å². The summed E-state index contributed by atoms with van der Waals surface area (Å²) in [6, 6.07) is 13.6. The van der Waals surface area contributed by atoms with Gasteiger partial charge in [0.25, 0.3) is 0 Å². The lowest BCUT2D eigenvalue weighted by Crippen LogP contribution is -2.15. The van der Waals surface area contributed by atoms with Gasteiger partial charge in [-0.2, -0.15) is 0 Å². The van der Waals surface area contributed by atoms with E-state index in [4.69, 9.17) is 25.5 Å². The van der Waals surface area contributed by atoms with Gasteiger partial charge in [0.2, 0.25) is 11.7 Å². The standard InChI is InChI=1S/C25H17ClN2O6S/c1-12-2-6-17(34-12)22(29)20-21(13-3-7-16-18(10-13)33-9-8-32-16)28(24(31)23(20)30)25-27-15-5-4-14(26)11-19(15)35-25/h2-7,10-11,30-31H,8-9H2,1H3. The van der Waals surface area contributed by atoms with Crippen molar-refractivity contribution >= 4 is 38.9 Å². The summed E-state index contributed by atoms with van der Waals surface area (Å²) in [5.41, 5.74) is 1.28. The predicted octanol–water partition coefficient (Wildman–Crippen LogP) is 5.72. The molecule has 2 aromatic carbocycles. The molecule has 0 spiro atoms. The van der Waals surface area contributed by atoms with Crippen LogP contribution in [0.4, 0.5) is 0 Å². The van der Waals surface area contributed by atoms with Crippen LogP contribution in [0, 0.1) is 6.92 Å². The first-order chi connectivity index (χ1) is 16.9. The largest absolute Gasteiger partial charge is 0.503 e. The van der Waals surface area contributed by atoms with Crippen LogP contribution in [0.15, 0.2) is 52.9 Å². The number of aromatic hydroxyl groups is 2. The van der Waals surface area contributed by atoms with Crippen molar-refractivity contribution in [3.05, 3.63) is 70.6 Å². The second-order valence-corrected chi connectivity index (χ2v) is 9.38. The van der Waals surface area contributed by atoms with Crippen LogP contribution in [0.2, 0.25) is 5.02 Å². The maximum Gasteiger partial charge on any atom is 0.242 e. The summed E-state index contributed by atoms with van der Waals surface area (Å²) >= 11 is 7.40. The number of rotatable bonds is 4. The zero-order valence-corrected chi connectivity index (χ0v) is 19.8. The molecule has 0 bridgehead atoms. The zero-order valence-electron chi connectivity index (χ0n) is 18.2. The number of fused-ring (bicyclic) bond motifs is 2. The van der Waals surface area contributed by atoms with Crippen molar-refractivity contribution in [2.45, 2.75) is 6.92 Å². The van der Waals surface area contributed by atoms with Gasteiger partial charge in [-0.1, -0.05) is 22.9 Å². The number of ether oxygens (including phenoxy) is 2. The van der Waals surface area contributed by atoms with Gasteiger partial charge < -0.3 is 24.1 Å². The maximum atomic E-state index is 13.5. The average molecular weight is 509 g/mol. The van der Waals surface area contributed by atoms with Crippen molar-refractivity contribution < 1.29 is 28.9 Å². The summed E-state index contributed by atoms with van der Waals surface area (Å²) in [6.07, 6.45) is 0. The van der Waals surface area contributed by atoms with Gasteiger partial charge in [0.05, 0.1) is 21.5 Å². The van der Waals surface area contributed by atoms with Crippen molar-refractivity contribution in [3.63, 3.8) is 0 Å². The van der Waals surface area contributed by atoms with Crippen LogP contribution in [-0.4, -0.2) is 38.8 Å². The monoisotopic (exact) mass is 508 g/mol. The van der Waals surface area contributed by atoms with Gasteiger partial charge in [0, 0.05) is 10.6 Å². The number of carbonyl (C=O) groups excluding carboxylic acids is 1. The van der Waals surface area contributed by atoms with Crippen LogP contribution in [0.25, 0.3) is 26.6 Å². The van der Waals surface area contributed by atoms with Crippen LogP contribution >= 0.6 is 22.9 Å². The smallest absolute Gasteiger partial charge is 0.242 e. The Bertz CT molecular complexity index is 1630. The fraction of sp³-hybridized carbons (Fsp3) is 0.120. The molecule has 0 fully saturated rings. The number of halogens is 1. The molecule has 35 heavy (non-hydrogen) atoms. The Morgan fingerprint density at radius 3 is 2.63 bits per heavy atom. The molecule has 3 aromatic heterocycles. The van der Waals surface area contributed by atoms with Gasteiger partial charge in [-0.15, -0.1) is 0 Å². The van der Waals surface area contributed by atoms with E-state index in [9.17, 15) is 15.0 Å². The highest BCUT2D eigenvalue weighted by Gasteiger charge is 2.33. The molecule has 8 nitrogen and oxygen atoms in total. The van der Waals surface area contributed by atoms with Gasteiger partial charge in [0.1, 0.15) is 19.0 Å². The Morgan fingerprint density at radius 2 is 1.86 bits per heavy atom. The summed E-state index contributed by atoms with van der Waals surface area (Å²) in [4.78, 5) is 18.1. The summed E-state index contributed by atoms with van der Waals surface area (Å²) in [5.74, 6) is -0.0543. The first-order valence-corrected chi connectivity index (χ1v) is 11.8. The number of hydrogen-bond donors (Lipinski definition) is 2. The third-order valence-electron chi connectivity index (χ3n) is 5.66. The van der Waals surface area contributed by atoms with Crippen molar-refractivity contribution in [1.29, 1.82) is 0 Å². The molecule has 0 amide bonds. The second kappa shape index (κ2) is 8.07. The molecule has 0 unspecified atom stereocenters. The van der Waals surface area contributed by atoms with Crippen LogP contribution < -0.4 is 9.47 Å². The van der Waals surface area contributed by atoms with Crippen molar-refractivity contribution in [1.82, 2.24) is 9.55 Å². The number of hydrogen-bond acceptors (Lipinski definition) is 8. The number of aryl methyl sites for hydroxylation is 1. The van der Waals surface area contributed by atoms with Crippen LogP contribution in [0.3, 0.4) is 0 Å². The van der Waals surface area contributed by atoms with E-state index in [2.05, 4.69) is 4.98 Å². The van der Waals surface area contributed by atoms with E-state index < -0.39 is 17.4 Å². The number of benzene rings is 2. The lowest BCUT2D eigenvalue weighted by atomic mass is 10.0. The van der Waals surface area contributed by atoms with E-state index in [1.807, 2.05) is 0 Å². The number of carbonyl (C=O) groups is 1. The lowest BCUT2D eigenvalue weighted by molar-refractivity contribution is 0.101. The average Bonchev–Trinajstić information content (AvgIpc) is 3.54. The molecule has 1 aliphatic heterocycles. The summed E-state index contributed by atoms with van der Waals surface area (Å²) in [5, 5.41) is 22.9. The van der Waals surface area contributed by atoms with E-state index in [0.29, 0.717) is 51.7 Å². The van der Waals surface area contributed by atoms with E-state index in [1.165, 1.54) is 22.0 Å². The molecular formula is C25H17ClN2O6S. The molecule has 4 heterocycles. The quantitative estimate of drug-likeness (QED) is 0.299. The second-order valence-electron chi connectivity index (χ2n) is 7.94. The molecule has 0 radical (unpaired) electrons. The third kappa shape index (κ3) is 3.51. The molecule has 1 aliphatic rings. The minimum Gasteiger partial charge on any atom is -0.503 e. The van der Waals surface area contributed by atoms with E-state index in [-0.39, 0.29) is 17.0 Å². The molecule has 0 saturated heterocycles. The molecule has 0 aliphatic carbocycles. The van der Waals surface area contributed by atoms with Crippen LogP contribution in [0.5, 0.6) is 23.1 Å². The van der Waals surface area contributed by atoms with Gasteiger partial charge >= 0.3 is 0 Å². The highest BCUT2D eigenvalue weighted by atomic mass is 35.5. The molecule has 6 rings (SSSR count). The van der Waals surface area contributed by atoms with E-state index in [0.717, 1.165) is 4.70 Å². The van der Waals surface area contributed by atoms with Crippen LogP contribution in [0.1, 0.15) is 21.9 Å². The SMILES string of the molecule is Cc1ccc(C(=O)c2c(O)c(O)n(-c3nc4ccc(Cl)cc4s3)c2-c2ccc3c(c2)OCCO3)o1. The summed E-state index contributed by atoms with van der Waals surface area (Å²) < 4.78 is 19.0. The fourth-order valence-electron chi connectivity index (χ4n) is 4.07. The summed E-state index contributed by atoms with van der Waals surface area (Å²) in [6.45, 7) is 2.53. The van der Waals surface area contributed by atoms with Crippen molar-refractivity contribution in [3.8, 4) is 39.5 Å². The Balaban J connectivity index is 1.63. The van der Waals surface area contributed by atoms with E-state index >= 15 is 0 Å². The summed E-state index contributed by atoms with van der Waals surface area (Å²) in [7, 11) is 0. The minimum absolute atomic E-state index is 0.0322. The van der Waals surface area contributed by atoms with Gasteiger partial charge in [-0.05, 0) is 55.5 Å². The zero-order chi connectivity index (χ0) is 24.3. The number of aromatic nitrogens is 2. The Hall–Kier alpha value is -3.95. The number of furan rings is 1.